The Hall–Kier alpha value is -2.53. The van der Waals surface area contributed by atoms with Crippen molar-refractivity contribution in [3.05, 3.63) is 74.8 Å². The quantitative estimate of drug-likeness (QED) is 0.473. The molecule has 4 rings (SSSR count). The lowest BCUT2D eigenvalue weighted by Gasteiger charge is -2.37. The summed E-state index contributed by atoms with van der Waals surface area (Å²) in [5, 5.41) is 15.5. The van der Waals surface area contributed by atoms with Gasteiger partial charge in [0.2, 0.25) is 0 Å². The van der Waals surface area contributed by atoms with E-state index < -0.39 is 0 Å². The van der Waals surface area contributed by atoms with Gasteiger partial charge in [-0.05, 0) is 36.1 Å². The maximum absolute atomic E-state index is 11.5. The largest absolute Gasteiger partial charge is 0.497 e. The van der Waals surface area contributed by atoms with E-state index in [4.69, 9.17) is 16.3 Å². The number of allylic oxidation sites excluding steroid dienone is 2. The van der Waals surface area contributed by atoms with Crippen LogP contribution in [0.5, 0.6) is 5.75 Å². The average molecular weight is 357 g/mol. The van der Waals surface area contributed by atoms with Gasteiger partial charge in [-0.1, -0.05) is 35.9 Å². The van der Waals surface area contributed by atoms with Crippen molar-refractivity contribution in [1.29, 1.82) is 0 Å². The fourth-order valence-electron chi connectivity index (χ4n) is 3.98. The third kappa shape index (κ3) is 2.55. The van der Waals surface area contributed by atoms with E-state index in [0.717, 1.165) is 17.7 Å². The molecule has 2 aromatic carbocycles. The Morgan fingerprint density at radius 2 is 2.16 bits per heavy atom. The number of nitrogens with zero attached hydrogens (tertiary/aromatic N) is 1. The minimum atomic E-state index is -0.327. The normalized spacial score (nSPS) is 23.5. The topological polar surface area (TPSA) is 64.4 Å². The molecule has 1 aliphatic heterocycles. The molecule has 0 saturated heterocycles. The van der Waals surface area contributed by atoms with Crippen LogP contribution < -0.4 is 10.1 Å². The van der Waals surface area contributed by atoms with Crippen molar-refractivity contribution in [3.63, 3.8) is 0 Å². The molecule has 5 nitrogen and oxygen atoms in total. The van der Waals surface area contributed by atoms with E-state index in [9.17, 15) is 10.1 Å². The average Bonchev–Trinajstić information content (AvgIpc) is 3.11. The van der Waals surface area contributed by atoms with Crippen molar-refractivity contribution >= 4 is 23.0 Å². The maximum Gasteiger partial charge on any atom is 0.275 e. The lowest BCUT2D eigenvalue weighted by molar-refractivity contribution is -0.385. The van der Waals surface area contributed by atoms with Crippen molar-refractivity contribution in [3.8, 4) is 5.75 Å². The van der Waals surface area contributed by atoms with Crippen LogP contribution in [-0.4, -0.2) is 12.0 Å². The van der Waals surface area contributed by atoms with Gasteiger partial charge in [0.05, 0.1) is 34.3 Å². The number of rotatable bonds is 3. The number of hydrogen-bond acceptors (Lipinski definition) is 4. The monoisotopic (exact) mass is 356 g/mol. The van der Waals surface area contributed by atoms with Crippen molar-refractivity contribution < 1.29 is 9.66 Å². The Morgan fingerprint density at radius 3 is 2.92 bits per heavy atom. The maximum atomic E-state index is 11.5. The van der Waals surface area contributed by atoms with Crippen molar-refractivity contribution in [2.24, 2.45) is 5.92 Å². The first kappa shape index (κ1) is 16.0. The Balaban J connectivity index is 1.85. The molecular weight excluding hydrogens is 340 g/mol. The van der Waals surface area contributed by atoms with Gasteiger partial charge in [-0.3, -0.25) is 10.1 Å². The van der Waals surface area contributed by atoms with Crippen molar-refractivity contribution in [1.82, 2.24) is 0 Å². The van der Waals surface area contributed by atoms with Crippen LogP contribution in [0.1, 0.15) is 29.5 Å². The first-order valence-electron chi connectivity index (χ1n) is 8.14. The van der Waals surface area contributed by atoms with E-state index in [1.165, 1.54) is 6.07 Å². The Kier molecular flexibility index (Phi) is 3.88. The van der Waals surface area contributed by atoms with Crippen LogP contribution >= 0.6 is 11.6 Å². The van der Waals surface area contributed by atoms with E-state index >= 15 is 0 Å². The number of anilines is 1. The first-order chi connectivity index (χ1) is 12.1. The molecule has 3 atom stereocenters. The molecule has 1 heterocycles. The molecule has 0 radical (unpaired) electrons. The zero-order valence-electron chi connectivity index (χ0n) is 13.6. The Bertz CT molecular complexity index is 881. The number of halogens is 1. The zero-order chi connectivity index (χ0) is 17.6. The smallest absolute Gasteiger partial charge is 0.275 e. The van der Waals surface area contributed by atoms with E-state index in [0.29, 0.717) is 16.3 Å². The molecule has 0 spiro atoms. The van der Waals surface area contributed by atoms with E-state index in [1.54, 1.807) is 13.2 Å². The summed E-state index contributed by atoms with van der Waals surface area (Å²) in [7, 11) is 1.64. The lowest BCUT2D eigenvalue weighted by atomic mass is 9.76. The Morgan fingerprint density at radius 1 is 1.32 bits per heavy atom. The highest BCUT2D eigenvalue weighted by molar-refractivity contribution is 6.33. The van der Waals surface area contributed by atoms with Crippen LogP contribution in [0.2, 0.25) is 5.02 Å². The highest BCUT2D eigenvalue weighted by Crippen LogP contribution is 2.54. The van der Waals surface area contributed by atoms with E-state index in [1.807, 2.05) is 24.3 Å². The second-order valence-corrected chi connectivity index (χ2v) is 6.77. The van der Waals surface area contributed by atoms with Gasteiger partial charge in [0.25, 0.3) is 5.69 Å². The molecule has 0 saturated carbocycles. The number of hydrogen-bond donors (Lipinski definition) is 1. The summed E-state index contributed by atoms with van der Waals surface area (Å²) in [6.07, 6.45) is 5.04. The van der Waals surface area contributed by atoms with Crippen molar-refractivity contribution in [2.45, 2.75) is 18.4 Å². The summed E-state index contributed by atoms with van der Waals surface area (Å²) >= 11 is 6.39. The third-order valence-corrected chi connectivity index (χ3v) is 5.41. The molecule has 6 heteroatoms. The number of nitro groups is 1. The predicted molar refractivity (Wildman–Crippen MR) is 97.5 cm³/mol. The van der Waals surface area contributed by atoms with Gasteiger partial charge in [-0.25, -0.2) is 0 Å². The molecule has 0 fully saturated rings. The highest BCUT2D eigenvalue weighted by atomic mass is 35.5. The van der Waals surface area contributed by atoms with Gasteiger partial charge < -0.3 is 10.1 Å². The van der Waals surface area contributed by atoms with Gasteiger partial charge in [-0.2, -0.15) is 0 Å². The van der Waals surface area contributed by atoms with Gasteiger partial charge >= 0.3 is 0 Å². The molecule has 0 bridgehead atoms. The number of ether oxygens (including phenoxy) is 1. The fourth-order valence-corrected chi connectivity index (χ4v) is 4.20. The summed E-state index contributed by atoms with van der Waals surface area (Å²) in [5.74, 6) is 0.973. The summed E-state index contributed by atoms with van der Waals surface area (Å²) in [4.78, 5) is 11.2. The molecule has 25 heavy (non-hydrogen) atoms. The SMILES string of the molecule is COc1cccc([C@@H]2Nc3c(Cl)ccc([N+](=O)[O-])c3[C@H]3C=CC[C@@H]32)c1. The van der Waals surface area contributed by atoms with E-state index in [2.05, 4.69) is 17.5 Å². The second-order valence-electron chi connectivity index (χ2n) is 6.36. The van der Waals surface area contributed by atoms with Crippen LogP contribution in [-0.2, 0) is 0 Å². The number of fused-ring (bicyclic) bond motifs is 3. The molecular formula is C19H17ClN2O3. The number of nitro benzene ring substituents is 1. The summed E-state index contributed by atoms with van der Waals surface area (Å²) < 4.78 is 5.34. The minimum absolute atomic E-state index is 0.0158. The van der Waals surface area contributed by atoms with Gasteiger partial charge in [-0.15, -0.1) is 0 Å². The molecule has 2 aromatic rings. The Labute approximate surface area is 150 Å². The minimum Gasteiger partial charge on any atom is -0.497 e. The van der Waals surface area contributed by atoms with Gasteiger partial charge in [0.1, 0.15) is 5.75 Å². The second kappa shape index (κ2) is 6.08. The van der Waals surface area contributed by atoms with Crippen LogP contribution in [0, 0.1) is 16.0 Å². The third-order valence-electron chi connectivity index (χ3n) is 5.10. The summed E-state index contributed by atoms with van der Waals surface area (Å²) in [6.45, 7) is 0. The van der Waals surface area contributed by atoms with Crippen LogP contribution in [0.15, 0.2) is 48.6 Å². The van der Waals surface area contributed by atoms with Crippen LogP contribution in [0.25, 0.3) is 0 Å². The van der Waals surface area contributed by atoms with E-state index in [-0.39, 0.29) is 28.5 Å². The summed E-state index contributed by atoms with van der Waals surface area (Å²) in [6, 6.07) is 11.0. The molecule has 1 aliphatic carbocycles. The van der Waals surface area contributed by atoms with Gasteiger partial charge in [0, 0.05) is 12.0 Å². The zero-order valence-corrected chi connectivity index (χ0v) is 14.4. The first-order valence-corrected chi connectivity index (χ1v) is 8.52. The molecule has 2 aliphatic rings. The highest BCUT2D eigenvalue weighted by Gasteiger charge is 2.42. The van der Waals surface area contributed by atoms with Crippen LogP contribution in [0.3, 0.4) is 0 Å². The molecule has 0 aromatic heterocycles. The van der Waals surface area contributed by atoms with Gasteiger partial charge in [0.15, 0.2) is 0 Å². The molecule has 0 amide bonds. The fraction of sp³-hybridized carbons (Fsp3) is 0.263. The predicted octanol–water partition coefficient (Wildman–Crippen LogP) is 5.08. The molecule has 1 N–H and O–H groups in total. The molecule has 0 unspecified atom stereocenters. The molecule has 128 valence electrons. The van der Waals surface area contributed by atoms with Crippen LogP contribution in [0.4, 0.5) is 11.4 Å². The number of benzene rings is 2. The summed E-state index contributed by atoms with van der Waals surface area (Å²) in [5.41, 5.74) is 2.57. The van der Waals surface area contributed by atoms with Crippen molar-refractivity contribution in [2.75, 3.05) is 12.4 Å². The lowest BCUT2D eigenvalue weighted by Crippen LogP contribution is -2.29. The number of nitrogens with one attached hydrogen (secondary N) is 1. The standard InChI is InChI=1S/C19H17ClN2O3/c1-25-12-5-2-4-11(10-12)18-14-7-3-6-13(14)17-16(22(23)24)9-8-15(20)19(17)21-18/h2-6,8-10,13-14,18,21H,7H2,1H3/t13-,14-,18-/m0/s1. The number of methoxy groups -OCH3 is 1.